The topological polar surface area (TPSA) is 12.0 Å². The molecule has 3 heteroatoms. The van der Waals surface area contributed by atoms with Gasteiger partial charge in [-0.3, -0.25) is 0 Å². The van der Waals surface area contributed by atoms with Crippen LogP contribution in [0.25, 0.3) is 0 Å². The van der Waals surface area contributed by atoms with Crippen LogP contribution in [-0.4, -0.2) is 19.0 Å². The fraction of sp³-hybridized carbons (Fsp3) is 1.00. The Balaban J connectivity index is 2.75. The summed E-state index contributed by atoms with van der Waals surface area (Å²) in [4.78, 5) is 0. The minimum Gasteiger partial charge on any atom is -0.310 e. The van der Waals surface area contributed by atoms with E-state index >= 15 is 0 Å². The van der Waals surface area contributed by atoms with Crippen LogP contribution < -0.4 is 5.32 Å². The Morgan fingerprint density at radius 1 is 1.22 bits per heavy atom. The summed E-state index contributed by atoms with van der Waals surface area (Å²) in [6.45, 7) is 3.40. The maximum Gasteiger partial charge on any atom is 0.266 e. The van der Waals surface area contributed by atoms with Crippen LogP contribution in [0.15, 0.2) is 0 Å². The zero-order valence-corrected chi connectivity index (χ0v) is 5.67. The molecule has 1 saturated heterocycles. The predicted octanol–water partition coefficient (Wildman–Crippen LogP) is 1.25. The van der Waals surface area contributed by atoms with Crippen molar-refractivity contribution >= 4 is 0 Å². The summed E-state index contributed by atoms with van der Waals surface area (Å²) in [5.74, 6) is -2.52. The summed E-state index contributed by atoms with van der Waals surface area (Å²) in [5.41, 5.74) is -0.854. The lowest BCUT2D eigenvalue weighted by Crippen LogP contribution is -2.34. The van der Waals surface area contributed by atoms with Gasteiger partial charge in [0.1, 0.15) is 0 Å². The minimum absolute atomic E-state index is 0.167. The second-order valence-corrected chi connectivity index (χ2v) is 3.19. The molecule has 0 atom stereocenters. The van der Waals surface area contributed by atoms with Crippen LogP contribution in [0, 0.1) is 5.41 Å². The zero-order chi connectivity index (χ0) is 7.12. The average molecular weight is 135 g/mol. The summed E-state index contributed by atoms with van der Waals surface area (Å²) in [6, 6.07) is 0. The molecular weight excluding hydrogens is 124 g/mol. The van der Waals surface area contributed by atoms with Crippen LogP contribution in [0.4, 0.5) is 8.78 Å². The lowest BCUT2D eigenvalue weighted by molar-refractivity contribution is -0.0646. The molecule has 1 rings (SSSR count). The number of halogens is 2. The van der Waals surface area contributed by atoms with Crippen LogP contribution in [0.3, 0.4) is 0 Å². The van der Waals surface area contributed by atoms with Crippen molar-refractivity contribution in [2.45, 2.75) is 19.8 Å². The van der Waals surface area contributed by atoms with Gasteiger partial charge >= 0.3 is 0 Å². The summed E-state index contributed by atoms with van der Waals surface area (Å²) in [6.07, 6.45) is 0. The van der Waals surface area contributed by atoms with E-state index < -0.39 is 11.3 Å². The Hall–Kier alpha value is -0.180. The molecule has 0 amide bonds. The second kappa shape index (κ2) is 1.66. The molecule has 9 heavy (non-hydrogen) atoms. The number of alkyl halides is 2. The number of nitrogens with one attached hydrogen (secondary N) is 1. The van der Waals surface area contributed by atoms with Crippen molar-refractivity contribution in [1.29, 1.82) is 0 Å². The van der Waals surface area contributed by atoms with Crippen LogP contribution in [-0.2, 0) is 0 Å². The van der Waals surface area contributed by atoms with Gasteiger partial charge in [-0.2, -0.15) is 0 Å². The molecule has 0 unspecified atom stereocenters. The Bertz CT molecular complexity index is 106. The fourth-order valence-electron chi connectivity index (χ4n) is 0.901. The van der Waals surface area contributed by atoms with Crippen LogP contribution in [0.5, 0.6) is 0 Å². The quantitative estimate of drug-likeness (QED) is 0.527. The van der Waals surface area contributed by atoms with E-state index in [1.165, 1.54) is 0 Å². The molecule has 1 heterocycles. The summed E-state index contributed by atoms with van der Waals surface area (Å²) in [7, 11) is 0. The van der Waals surface area contributed by atoms with E-state index in [-0.39, 0.29) is 6.54 Å². The first-order valence-corrected chi connectivity index (χ1v) is 3.04. The van der Waals surface area contributed by atoms with Crippen molar-refractivity contribution in [3.63, 3.8) is 0 Å². The van der Waals surface area contributed by atoms with Gasteiger partial charge in [-0.15, -0.1) is 0 Å². The molecule has 0 saturated carbocycles. The van der Waals surface area contributed by atoms with Gasteiger partial charge in [-0.25, -0.2) is 8.78 Å². The smallest absolute Gasteiger partial charge is 0.266 e. The third-order valence-electron chi connectivity index (χ3n) is 1.90. The minimum atomic E-state index is -2.52. The van der Waals surface area contributed by atoms with E-state index in [2.05, 4.69) is 5.32 Å². The summed E-state index contributed by atoms with van der Waals surface area (Å²) < 4.78 is 25.3. The van der Waals surface area contributed by atoms with Gasteiger partial charge in [0, 0.05) is 12.0 Å². The molecule has 0 radical (unpaired) electrons. The van der Waals surface area contributed by atoms with Gasteiger partial charge < -0.3 is 5.32 Å². The molecule has 54 valence electrons. The Morgan fingerprint density at radius 2 is 1.78 bits per heavy atom. The van der Waals surface area contributed by atoms with Crippen molar-refractivity contribution in [2.24, 2.45) is 5.41 Å². The van der Waals surface area contributed by atoms with Gasteiger partial charge in [0.15, 0.2) is 0 Å². The van der Waals surface area contributed by atoms with Gasteiger partial charge in [-0.05, 0) is 0 Å². The van der Waals surface area contributed by atoms with Crippen molar-refractivity contribution in [2.75, 3.05) is 13.1 Å². The highest BCUT2D eigenvalue weighted by atomic mass is 19.3. The molecule has 1 nitrogen and oxygen atoms in total. The molecule has 0 aromatic carbocycles. The zero-order valence-electron chi connectivity index (χ0n) is 5.67. The van der Waals surface area contributed by atoms with E-state index in [0.29, 0.717) is 6.54 Å². The van der Waals surface area contributed by atoms with Crippen molar-refractivity contribution in [3.8, 4) is 0 Å². The van der Waals surface area contributed by atoms with Gasteiger partial charge in [-0.1, -0.05) is 13.8 Å². The Labute approximate surface area is 53.4 Å². The molecule has 1 aliphatic heterocycles. The highest BCUT2D eigenvalue weighted by molar-refractivity contribution is 4.94. The lowest BCUT2D eigenvalue weighted by Gasteiger charge is -2.24. The van der Waals surface area contributed by atoms with E-state index in [9.17, 15) is 8.78 Å². The number of hydrogen-bond acceptors (Lipinski definition) is 1. The largest absolute Gasteiger partial charge is 0.310 e. The standard InChI is InChI=1S/C6H11F2N/c1-5(2)3-9-4-6(5,7)8/h9H,3-4H2,1-2H3. The average Bonchev–Trinajstić information content (AvgIpc) is 1.81. The van der Waals surface area contributed by atoms with E-state index in [0.717, 1.165) is 0 Å². The van der Waals surface area contributed by atoms with E-state index in [1.54, 1.807) is 13.8 Å². The third kappa shape index (κ3) is 0.936. The lowest BCUT2D eigenvalue weighted by atomic mass is 9.89. The molecule has 0 bridgehead atoms. The number of hydrogen-bond donors (Lipinski definition) is 1. The second-order valence-electron chi connectivity index (χ2n) is 3.19. The van der Waals surface area contributed by atoms with Crippen LogP contribution in [0.2, 0.25) is 0 Å². The van der Waals surface area contributed by atoms with Crippen molar-refractivity contribution in [3.05, 3.63) is 0 Å². The first-order chi connectivity index (χ1) is 3.96. The maximum atomic E-state index is 12.7. The summed E-state index contributed by atoms with van der Waals surface area (Å²) >= 11 is 0. The Morgan fingerprint density at radius 3 is 1.89 bits per heavy atom. The molecule has 0 aromatic rings. The molecular formula is C6H11F2N. The van der Waals surface area contributed by atoms with Crippen LogP contribution >= 0.6 is 0 Å². The SMILES string of the molecule is CC1(C)CNCC1(F)F. The molecule has 1 fully saturated rings. The van der Waals surface area contributed by atoms with Crippen LogP contribution in [0.1, 0.15) is 13.8 Å². The molecule has 0 spiro atoms. The normalized spacial score (nSPS) is 30.7. The molecule has 1 aliphatic rings. The van der Waals surface area contributed by atoms with E-state index in [4.69, 9.17) is 0 Å². The third-order valence-corrected chi connectivity index (χ3v) is 1.90. The first kappa shape index (κ1) is 6.93. The highest BCUT2D eigenvalue weighted by Crippen LogP contribution is 2.38. The van der Waals surface area contributed by atoms with Gasteiger partial charge in [0.2, 0.25) is 0 Å². The fourth-order valence-corrected chi connectivity index (χ4v) is 0.901. The predicted molar refractivity (Wildman–Crippen MR) is 31.6 cm³/mol. The molecule has 0 aromatic heterocycles. The summed E-state index contributed by atoms with van der Waals surface area (Å²) in [5, 5.41) is 2.65. The first-order valence-electron chi connectivity index (χ1n) is 3.04. The maximum absolute atomic E-state index is 12.7. The van der Waals surface area contributed by atoms with Gasteiger partial charge in [0.05, 0.1) is 6.54 Å². The monoisotopic (exact) mass is 135 g/mol. The highest BCUT2D eigenvalue weighted by Gasteiger charge is 2.50. The number of rotatable bonds is 0. The van der Waals surface area contributed by atoms with Crippen molar-refractivity contribution in [1.82, 2.24) is 5.32 Å². The molecule has 1 N–H and O–H groups in total. The van der Waals surface area contributed by atoms with Gasteiger partial charge in [0.25, 0.3) is 5.92 Å². The van der Waals surface area contributed by atoms with E-state index in [1.807, 2.05) is 0 Å². The molecule has 0 aliphatic carbocycles. The Kier molecular flexibility index (Phi) is 1.28. The van der Waals surface area contributed by atoms with Crippen molar-refractivity contribution < 1.29 is 8.78 Å².